The molecular weight excluding hydrogens is 244 g/mol. The maximum Gasteiger partial charge on any atom is 0.323 e. The van der Waals surface area contributed by atoms with E-state index < -0.39 is 17.4 Å². The zero-order valence-corrected chi connectivity index (χ0v) is 12.4. The van der Waals surface area contributed by atoms with Crippen LogP contribution in [0.5, 0.6) is 0 Å². The summed E-state index contributed by atoms with van der Waals surface area (Å²) in [5.74, 6) is -1.11. The van der Waals surface area contributed by atoms with Gasteiger partial charge in [0.05, 0.1) is 14.2 Å². The zero-order chi connectivity index (χ0) is 15.1. The van der Waals surface area contributed by atoms with E-state index in [1.54, 1.807) is 0 Å². The molecule has 0 aromatic rings. The Morgan fingerprint density at radius 3 is 1.42 bits per heavy atom. The van der Waals surface area contributed by atoms with Crippen LogP contribution >= 0.6 is 0 Å². The zero-order valence-electron chi connectivity index (χ0n) is 12.4. The molecule has 0 atom stereocenters. The van der Waals surface area contributed by atoms with E-state index in [0.29, 0.717) is 25.7 Å². The molecule has 0 N–H and O–H groups in total. The Labute approximate surface area is 115 Å². The smallest absolute Gasteiger partial charge is 0.323 e. The van der Waals surface area contributed by atoms with Gasteiger partial charge in [0.1, 0.15) is 0 Å². The fourth-order valence-corrected chi connectivity index (χ4v) is 1.86. The third-order valence-electron chi connectivity index (χ3n) is 3.11. The van der Waals surface area contributed by atoms with Gasteiger partial charge in [-0.15, -0.1) is 13.2 Å². The second-order valence-electron chi connectivity index (χ2n) is 4.98. The molecule has 4 heteroatoms. The molecule has 0 rings (SSSR count). The molecule has 0 aliphatic rings. The van der Waals surface area contributed by atoms with Gasteiger partial charge in [0.15, 0.2) is 5.41 Å². The molecule has 0 aromatic carbocycles. The van der Waals surface area contributed by atoms with Crippen molar-refractivity contribution in [3.05, 3.63) is 24.3 Å². The summed E-state index contributed by atoms with van der Waals surface area (Å²) in [6, 6.07) is 0. The van der Waals surface area contributed by atoms with E-state index in [2.05, 4.69) is 13.2 Å². The Morgan fingerprint density at radius 2 is 1.21 bits per heavy atom. The van der Waals surface area contributed by atoms with Crippen LogP contribution in [0.4, 0.5) is 0 Å². The van der Waals surface area contributed by atoms with Crippen molar-refractivity contribution >= 4 is 11.9 Å². The maximum atomic E-state index is 12.1. The van der Waals surface area contributed by atoms with Crippen molar-refractivity contribution in [2.75, 3.05) is 14.2 Å². The average Bonchev–Trinajstić information content (AvgIpc) is 2.37. The van der Waals surface area contributed by atoms with Crippen LogP contribution in [-0.4, -0.2) is 26.2 Å². The molecule has 0 amide bonds. The lowest BCUT2D eigenvalue weighted by molar-refractivity contribution is -0.170. The van der Waals surface area contributed by atoms with Gasteiger partial charge < -0.3 is 9.47 Å². The quantitative estimate of drug-likeness (QED) is 0.386. The minimum absolute atomic E-state index is 0.342. The summed E-state index contributed by atoms with van der Waals surface area (Å²) in [5, 5.41) is 0. The number of carbonyl (C=O) groups is 2. The van der Waals surface area contributed by atoms with Crippen LogP contribution in [-0.2, 0) is 19.1 Å². The molecule has 0 spiro atoms. The summed E-state index contributed by atoms with van der Waals surface area (Å²) < 4.78 is 9.61. The lowest BCUT2D eigenvalue weighted by Gasteiger charge is -2.28. The molecule has 0 aromatic heterocycles. The molecule has 0 fully saturated rings. The van der Waals surface area contributed by atoms with Crippen molar-refractivity contribution in [3.63, 3.8) is 0 Å². The van der Waals surface area contributed by atoms with E-state index in [4.69, 9.17) is 9.47 Å². The Bertz CT molecular complexity index is 332. The number of hydrogen-bond acceptors (Lipinski definition) is 4. The highest BCUT2D eigenvalue weighted by atomic mass is 16.5. The largest absolute Gasteiger partial charge is 0.468 e. The highest BCUT2D eigenvalue weighted by Gasteiger charge is 2.47. The molecule has 0 unspecified atom stereocenters. The Morgan fingerprint density at radius 1 is 0.895 bits per heavy atom. The summed E-state index contributed by atoms with van der Waals surface area (Å²) in [6.07, 6.45) is 1.82. The van der Waals surface area contributed by atoms with Gasteiger partial charge >= 0.3 is 11.9 Å². The van der Waals surface area contributed by atoms with Gasteiger partial charge in [0, 0.05) is 0 Å². The molecule has 0 bridgehead atoms. The summed E-state index contributed by atoms with van der Waals surface area (Å²) in [7, 11) is 2.56. The number of methoxy groups -OCH3 is 2. The predicted octanol–water partition coefficient (Wildman–Crippen LogP) is 3.03. The summed E-state index contributed by atoms with van der Waals surface area (Å²) >= 11 is 0. The standard InChI is InChI=1S/C15H24O4/c1-11(2)7-9-15(13(16)18-5,14(17)19-6)10-8-12(3)4/h1,3,7-10H2,2,4-6H3. The van der Waals surface area contributed by atoms with Crippen LogP contribution in [0.2, 0.25) is 0 Å². The number of ether oxygens (including phenoxy) is 2. The van der Waals surface area contributed by atoms with E-state index in [9.17, 15) is 9.59 Å². The van der Waals surface area contributed by atoms with E-state index in [-0.39, 0.29) is 0 Å². The van der Waals surface area contributed by atoms with Crippen molar-refractivity contribution in [2.45, 2.75) is 39.5 Å². The molecule has 0 heterocycles. The van der Waals surface area contributed by atoms with Crippen LogP contribution in [0.15, 0.2) is 24.3 Å². The first-order valence-electron chi connectivity index (χ1n) is 6.25. The first-order chi connectivity index (χ1) is 8.80. The number of hydrogen-bond donors (Lipinski definition) is 0. The lowest BCUT2D eigenvalue weighted by atomic mass is 9.77. The Kier molecular flexibility index (Phi) is 7.12. The van der Waals surface area contributed by atoms with Crippen molar-refractivity contribution in [3.8, 4) is 0 Å². The van der Waals surface area contributed by atoms with Gasteiger partial charge in [-0.25, -0.2) is 0 Å². The third-order valence-corrected chi connectivity index (χ3v) is 3.11. The molecule has 4 nitrogen and oxygen atoms in total. The molecule has 0 radical (unpaired) electrons. The van der Waals surface area contributed by atoms with E-state index in [0.717, 1.165) is 11.1 Å². The Hall–Kier alpha value is -1.58. The van der Waals surface area contributed by atoms with Gasteiger partial charge in [-0.3, -0.25) is 9.59 Å². The number of carbonyl (C=O) groups excluding carboxylic acids is 2. The summed E-state index contributed by atoms with van der Waals surface area (Å²) in [4.78, 5) is 24.2. The number of rotatable bonds is 8. The first-order valence-corrected chi connectivity index (χ1v) is 6.25. The van der Waals surface area contributed by atoms with Crippen LogP contribution in [0.25, 0.3) is 0 Å². The number of allylic oxidation sites excluding steroid dienone is 2. The molecule has 0 aliphatic heterocycles. The van der Waals surface area contributed by atoms with Crippen LogP contribution in [0, 0.1) is 5.41 Å². The fraction of sp³-hybridized carbons (Fsp3) is 0.600. The molecule has 108 valence electrons. The molecule has 0 saturated heterocycles. The van der Waals surface area contributed by atoms with Gasteiger partial charge in [-0.05, 0) is 39.5 Å². The van der Waals surface area contributed by atoms with Gasteiger partial charge in [0.25, 0.3) is 0 Å². The summed E-state index contributed by atoms with van der Waals surface area (Å²) in [6.45, 7) is 11.3. The highest BCUT2D eigenvalue weighted by Crippen LogP contribution is 2.35. The minimum atomic E-state index is -1.26. The maximum absolute atomic E-state index is 12.1. The van der Waals surface area contributed by atoms with E-state index in [1.165, 1.54) is 14.2 Å². The van der Waals surface area contributed by atoms with Gasteiger partial charge in [-0.2, -0.15) is 0 Å². The van der Waals surface area contributed by atoms with Gasteiger partial charge in [0.2, 0.25) is 0 Å². The van der Waals surface area contributed by atoms with Crippen molar-refractivity contribution < 1.29 is 19.1 Å². The van der Waals surface area contributed by atoms with Crippen LogP contribution < -0.4 is 0 Å². The minimum Gasteiger partial charge on any atom is -0.468 e. The Balaban J connectivity index is 5.30. The molecular formula is C15H24O4. The van der Waals surface area contributed by atoms with E-state index in [1.807, 2.05) is 13.8 Å². The molecule has 19 heavy (non-hydrogen) atoms. The first kappa shape index (κ1) is 17.4. The topological polar surface area (TPSA) is 52.6 Å². The second kappa shape index (κ2) is 7.77. The third kappa shape index (κ3) is 4.89. The van der Waals surface area contributed by atoms with Crippen molar-refractivity contribution in [2.24, 2.45) is 5.41 Å². The van der Waals surface area contributed by atoms with Crippen molar-refractivity contribution in [1.82, 2.24) is 0 Å². The number of esters is 2. The normalized spacial score (nSPS) is 10.7. The molecule has 0 aliphatic carbocycles. The second-order valence-corrected chi connectivity index (χ2v) is 4.98. The predicted molar refractivity (Wildman–Crippen MR) is 74.6 cm³/mol. The average molecular weight is 268 g/mol. The van der Waals surface area contributed by atoms with Crippen molar-refractivity contribution in [1.29, 1.82) is 0 Å². The lowest BCUT2D eigenvalue weighted by Crippen LogP contribution is -2.41. The van der Waals surface area contributed by atoms with Crippen LogP contribution in [0.1, 0.15) is 39.5 Å². The van der Waals surface area contributed by atoms with Crippen LogP contribution in [0.3, 0.4) is 0 Å². The highest BCUT2D eigenvalue weighted by molar-refractivity contribution is 6.00. The molecule has 0 saturated carbocycles. The van der Waals surface area contributed by atoms with Gasteiger partial charge in [-0.1, -0.05) is 11.1 Å². The fourth-order valence-electron chi connectivity index (χ4n) is 1.86. The van der Waals surface area contributed by atoms with E-state index >= 15 is 0 Å². The SMILES string of the molecule is C=C(C)CCC(CCC(=C)C)(C(=O)OC)C(=O)OC. The monoisotopic (exact) mass is 268 g/mol. The summed E-state index contributed by atoms with van der Waals surface area (Å²) in [5.41, 5.74) is 0.557.